The SMILES string of the molecule is CCC(N)c1nc(C(C)(C)C)cs1. The minimum atomic E-state index is 0.112. The number of hydrogen-bond acceptors (Lipinski definition) is 3. The predicted molar refractivity (Wildman–Crippen MR) is 58.0 cm³/mol. The minimum Gasteiger partial charge on any atom is -0.322 e. The van der Waals surface area contributed by atoms with E-state index in [0.29, 0.717) is 0 Å². The van der Waals surface area contributed by atoms with Crippen molar-refractivity contribution in [2.75, 3.05) is 0 Å². The summed E-state index contributed by atoms with van der Waals surface area (Å²) in [6, 6.07) is 0.112. The second-order valence-corrected chi connectivity index (χ2v) is 5.23. The molecule has 1 aromatic heterocycles. The van der Waals surface area contributed by atoms with Crippen molar-refractivity contribution >= 4 is 11.3 Å². The highest BCUT2D eigenvalue weighted by molar-refractivity contribution is 7.09. The van der Waals surface area contributed by atoms with Crippen LogP contribution in [0.4, 0.5) is 0 Å². The van der Waals surface area contributed by atoms with Crippen LogP contribution in [0.5, 0.6) is 0 Å². The molecule has 0 radical (unpaired) electrons. The molecule has 3 heteroatoms. The smallest absolute Gasteiger partial charge is 0.110 e. The molecule has 0 aliphatic rings. The van der Waals surface area contributed by atoms with Gasteiger partial charge in [0.15, 0.2) is 0 Å². The molecule has 0 saturated carbocycles. The molecule has 0 fully saturated rings. The van der Waals surface area contributed by atoms with Gasteiger partial charge in [-0.05, 0) is 6.42 Å². The number of aromatic nitrogens is 1. The van der Waals surface area contributed by atoms with Gasteiger partial charge in [-0.25, -0.2) is 4.98 Å². The lowest BCUT2D eigenvalue weighted by atomic mass is 9.93. The molecule has 1 atom stereocenters. The third kappa shape index (κ3) is 2.51. The van der Waals surface area contributed by atoms with E-state index >= 15 is 0 Å². The zero-order valence-electron chi connectivity index (χ0n) is 8.79. The molecule has 0 amide bonds. The van der Waals surface area contributed by atoms with Crippen LogP contribution >= 0.6 is 11.3 Å². The van der Waals surface area contributed by atoms with E-state index < -0.39 is 0 Å². The van der Waals surface area contributed by atoms with Crippen LogP contribution in [0.2, 0.25) is 0 Å². The van der Waals surface area contributed by atoms with Gasteiger partial charge in [-0.3, -0.25) is 0 Å². The number of rotatable bonds is 2. The molecule has 1 unspecified atom stereocenters. The predicted octanol–water partition coefficient (Wildman–Crippen LogP) is 2.85. The summed E-state index contributed by atoms with van der Waals surface area (Å²) in [4.78, 5) is 4.55. The largest absolute Gasteiger partial charge is 0.322 e. The summed E-state index contributed by atoms with van der Waals surface area (Å²) >= 11 is 1.67. The molecule has 2 nitrogen and oxygen atoms in total. The fourth-order valence-electron chi connectivity index (χ4n) is 0.977. The molecular formula is C10H18N2S. The molecule has 0 saturated heterocycles. The highest BCUT2D eigenvalue weighted by Gasteiger charge is 2.18. The van der Waals surface area contributed by atoms with Crippen LogP contribution in [0, 0.1) is 0 Å². The second-order valence-electron chi connectivity index (χ2n) is 4.34. The molecule has 0 aliphatic heterocycles. The first-order chi connectivity index (χ1) is 5.95. The van der Waals surface area contributed by atoms with Crippen molar-refractivity contribution in [1.29, 1.82) is 0 Å². The summed E-state index contributed by atoms with van der Waals surface area (Å²) in [5.41, 5.74) is 7.19. The Labute approximate surface area is 84.2 Å². The van der Waals surface area contributed by atoms with Crippen molar-refractivity contribution in [1.82, 2.24) is 4.98 Å². The molecule has 2 N–H and O–H groups in total. The average Bonchev–Trinajstić information content (AvgIpc) is 2.50. The van der Waals surface area contributed by atoms with Crippen LogP contribution in [0.15, 0.2) is 5.38 Å². The average molecular weight is 198 g/mol. The monoisotopic (exact) mass is 198 g/mol. The van der Waals surface area contributed by atoms with Crippen LogP contribution in [0.3, 0.4) is 0 Å². The van der Waals surface area contributed by atoms with Gasteiger partial charge in [-0.2, -0.15) is 0 Å². The van der Waals surface area contributed by atoms with Crippen LogP contribution in [-0.2, 0) is 5.41 Å². The van der Waals surface area contributed by atoms with Gasteiger partial charge >= 0.3 is 0 Å². The zero-order chi connectivity index (χ0) is 10.1. The van der Waals surface area contributed by atoms with E-state index in [4.69, 9.17) is 5.73 Å². The van der Waals surface area contributed by atoms with Crippen molar-refractivity contribution in [2.24, 2.45) is 5.73 Å². The van der Waals surface area contributed by atoms with Crippen molar-refractivity contribution in [3.8, 4) is 0 Å². The topological polar surface area (TPSA) is 38.9 Å². The number of nitrogens with zero attached hydrogens (tertiary/aromatic N) is 1. The lowest BCUT2D eigenvalue weighted by molar-refractivity contribution is 0.566. The summed E-state index contributed by atoms with van der Waals surface area (Å²) in [5.74, 6) is 0. The molecule has 74 valence electrons. The first-order valence-electron chi connectivity index (χ1n) is 4.66. The third-order valence-corrected chi connectivity index (χ3v) is 3.02. The Hall–Kier alpha value is -0.410. The first-order valence-corrected chi connectivity index (χ1v) is 5.54. The van der Waals surface area contributed by atoms with E-state index in [0.717, 1.165) is 17.1 Å². The Morgan fingerprint density at radius 3 is 2.54 bits per heavy atom. The van der Waals surface area contributed by atoms with Gasteiger partial charge in [-0.15, -0.1) is 11.3 Å². The second kappa shape index (κ2) is 3.76. The number of thiazole rings is 1. The minimum absolute atomic E-state index is 0.112. The third-order valence-electron chi connectivity index (χ3n) is 2.05. The van der Waals surface area contributed by atoms with Crippen LogP contribution < -0.4 is 5.73 Å². The van der Waals surface area contributed by atoms with Crippen LogP contribution in [0.25, 0.3) is 0 Å². The molecule has 13 heavy (non-hydrogen) atoms. The highest BCUT2D eigenvalue weighted by Crippen LogP contribution is 2.26. The molecule has 0 aromatic carbocycles. The van der Waals surface area contributed by atoms with Gasteiger partial charge < -0.3 is 5.73 Å². The molecular weight excluding hydrogens is 180 g/mol. The maximum absolute atomic E-state index is 5.90. The van der Waals surface area contributed by atoms with E-state index in [9.17, 15) is 0 Å². The van der Waals surface area contributed by atoms with E-state index in [1.165, 1.54) is 0 Å². The molecule has 1 aromatic rings. The number of hydrogen-bond donors (Lipinski definition) is 1. The summed E-state index contributed by atoms with van der Waals surface area (Å²) in [6.07, 6.45) is 0.955. The first kappa shape index (κ1) is 10.7. The van der Waals surface area contributed by atoms with Crippen molar-refractivity contribution in [3.05, 3.63) is 16.1 Å². The van der Waals surface area contributed by atoms with Gasteiger partial charge in [0.2, 0.25) is 0 Å². The molecule has 1 rings (SSSR count). The lowest BCUT2D eigenvalue weighted by Crippen LogP contribution is -2.13. The highest BCUT2D eigenvalue weighted by atomic mass is 32.1. The Morgan fingerprint density at radius 1 is 1.54 bits per heavy atom. The van der Waals surface area contributed by atoms with Gasteiger partial charge in [0.1, 0.15) is 5.01 Å². The number of nitrogens with two attached hydrogens (primary N) is 1. The van der Waals surface area contributed by atoms with E-state index in [2.05, 4.69) is 38.1 Å². The van der Waals surface area contributed by atoms with E-state index in [-0.39, 0.29) is 11.5 Å². The maximum Gasteiger partial charge on any atom is 0.110 e. The quantitative estimate of drug-likeness (QED) is 0.793. The normalized spacial score (nSPS) is 14.5. The maximum atomic E-state index is 5.90. The van der Waals surface area contributed by atoms with E-state index in [1.807, 2.05) is 0 Å². The van der Waals surface area contributed by atoms with Crippen molar-refractivity contribution in [3.63, 3.8) is 0 Å². The van der Waals surface area contributed by atoms with Crippen molar-refractivity contribution in [2.45, 2.75) is 45.6 Å². The zero-order valence-corrected chi connectivity index (χ0v) is 9.61. The van der Waals surface area contributed by atoms with Crippen LogP contribution in [-0.4, -0.2) is 4.98 Å². The fourth-order valence-corrected chi connectivity index (χ4v) is 2.11. The molecule has 0 aliphatic carbocycles. The Morgan fingerprint density at radius 2 is 2.15 bits per heavy atom. The molecule has 1 heterocycles. The molecule has 0 spiro atoms. The molecule has 0 bridgehead atoms. The Kier molecular flexibility index (Phi) is 3.09. The van der Waals surface area contributed by atoms with E-state index in [1.54, 1.807) is 11.3 Å². The van der Waals surface area contributed by atoms with Crippen LogP contribution in [0.1, 0.15) is 50.9 Å². The van der Waals surface area contributed by atoms with Gasteiger partial charge in [0.05, 0.1) is 11.7 Å². The van der Waals surface area contributed by atoms with Crippen molar-refractivity contribution < 1.29 is 0 Å². The van der Waals surface area contributed by atoms with Gasteiger partial charge in [-0.1, -0.05) is 27.7 Å². The fraction of sp³-hybridized carbons (Fsp3) is 0.700. The van der Waals surface area contributed by atoms with Gasteiger partial charge in [0.25, 0.3) is 0 Å². The Balaban J connectivity index is 2.87. The summed E-state index contributed by atoms with van der Waals surface area (Å²) in [5, 5.41) is 3.18. The standard InChI is InChI=1S/C10H18N2S/c1-5-7(11)9-12-8(6-13-9)10(2,3)4/h6-7H,5,11H2,1-4H3. The van der Waals surface area contributed by atoms with Gasteiger partial charge in [0, 0.05) is 10.8 Å². The summed E-state index contributed by atoms with van der Waals surface area (Å²) in [7, 11) is 0. The summed E-state index contributed by atoms with van der Waals surface area (Å²) in [6.45, 7) is 8.60. The summed E-state index contributed by atoms with van der Waals surface area (Å²) < 4.78 is 0. The Bertz CT molecular complexity index is 273. The lowest BCUT2D eigenvalue weighted by Gasteiger charge is -2.14.